The summed E-state index contributed by atoms with van der Waals surface area (Å²) in [6, 6.07) is 6.02. The molecular weight excluding hydrogens is 574 g/mol. The molecule has 1 aliphatic heterocycles. The lowest BCUT2D eigenvalue weighted by Crippen LogP contribution is -2.60. The number of nitrogens with one attached hydrogen (secondary N) is 2. The van der Waals surface area contributed by atoms with Crippen LogP contribution in [0.25, 0.3) is 11.1 Å². The van der Waals surface area contributed by atoms with Gasteiger partial charge in [0.15, 0.2) is 5.57 Å². The summed E-state index contributed by atoms with van der Waals surface area (Å²) in [5, 5.41) is 22.6. The number of carboxylic acid groups (broad SMARTS) is 2. The highest BCUT2D eigenvalue weighted by Gasteiger charge is 2.52. The zero-order chi connectivity index (χ0) is 30.9. The van der Waals surface area contributed by atoms with Crippen LogP contribution in [0.1, 0.15) is 44.2 Å². The average molecular weight is 601 g/mol. The second kappa shape index (κ2) is 11.6. The van der Waals surface area contributed by atoms with Crippen LogP contribution in [0, 0.1) is 23.8 Å². The molecule has 4 aliphatic carbocycles. The summed E-state index contributed by atoms with van der Waals surface area (Å²) in [7, 11) is 0. The predicted molar refractivity (Wildman–Crippen MR) is 132 cm³/mol. The summed E-state index contributed by atoms with van der Waals surface area (Å²) in [4.78, 5) is 35.7. The minimum absolute atomic E-state index is 0.0153. The SMILES string of the molecule is O=C(NC12CC3CC(CC(C3)C1)C2)C1=C(c2ncn3ccccc23)[C+]=CNC1.O=C(O)C(F)(F)F.O=C([O-])C(F)(F)F. The number of dihydropyridines is 1. The number of rotatable bonds is 3. The van der Waals surface area contributed by atoms with Crippen molar-refractivity contribution in [2.24, 2.45) is 17.8 Å². The normalized spacial score (nSPS) is 25.8. The van der Waals surface area contributed by atoms with Crippen LogP contribution in [-0.2, 0) is 14.4 Å². The maximum Gasteiger partial charge on any atom is 0.490 e. The number of allylic oxidation sites excluding steroid dienone is 2. The van der Waals surface area contributed by atoms with E-state index in [1.54, 1.807) is 12.5 Å². The van der Waals surface area contributed by atoms with Gasteiger partial charge in [0, 0.05) is 11.7 Å². The molecule has 4 saturated carbocycles. The fourth-order valence-corrected chi connectivity index (χ4v) is 6.57. The average Bonchev–Trinajstić information content (AvgIpc) is 3.31. The van der Waals surface area contributed by atoms with Crippen molar-refractivity contribution in [3.05, 3.63) is 54.3 Å². The lowest BCUT2D eigenvalue weighted by molar-refractivity contribution is -0.344. The van der Waals surface area contributed by atoms with E-state index >= 15 is 0 Å². The van der Waals surface area contributed by atoms with Gasteiger partial charge in [0.2, 0.25) is 11.3 Å². The summed E-state index contributed by atoms with van der Waals surface area (Å²) in [6.07, 6.45) is 6.17. The van der Waals surface area contributed by atoms with Crippen LogP contribution < -0.4 is 15.7 Å². The lowest BCUT2D eigenvalue weighted by atomic mass is 9.53. The number of alkyl halides is 6. The first-order valence-electron chi connectivity index (χ1n) is 13.0. The molecule has 3 heterocycles. The Morgan fingerprint density at radius 2 is 1.57 bits per heavy atom. The highest BCUT2D eigenvalue weighted by Crippen LogP contribution is 2.55. The molecule has 4 fully saturated rings. The molecule has 0 spiro atoms. The first-order valence-corrected chi connectivity index (χ1v) is 13.0. The molecule has 2 aromatic rings. The fraction of sp³-hybridized carbons (Fsp3) is 0.481. The van der Waals surface area contributed by atoms with Gasteiger partial charge in [0.1, 0.15) is 24.0 Å². The molecule has 0 aromatic carbocycles. The molecule has 9 nitrogen and oxygen atoms in total. The standard InChI is InChI=1S/C23H24N4O.2C2HF3O2/c28-22(26-23-10-15-7-16(11-23)9-17(8-15)12-23)19-13-24-5-4-18(19)21-20-3-1-2-6-27(20)14-25-21;2*3-2(4,5)1(6)7/h1-3,5-6,14-17H,7-13H2,(H-,24,26,28);2*(H,6,7). The zero-order valence-corrected chi connectivity index (χ0v) is 21.9. The molecule has 0 atom stereocenters. The molecule has 4 bridgehead atoms. The number of aromatic nitrogens is 2. The van der Waals surface area contributed by atoms with Crippen molar-refractivity contribution in [3.8, 4) is 0 Å². The summed E-state index contributed by atoms with van der Waals surface area (Å²) < 4.78 is 65.3. The van der Waals surface area contributed by atoms with Gasteiger partial charge in [-0.05, 0) is 68.4 Å². The van der Waals surface area contributed by atoms with Crippen LogP contribution in [0.4, 0.5) is 26.3 Å². The largest absolute Gasteiger partial charge is 0.542 e. The summed E-state index contributed by atoms with van der Waals surface area (Å²) in [5.41, 5.74) is 3.41. The topological polar surface area (TPSA) is 136 Å². The number of nitrogens with zero attached hydrogens (tertiary/aromatic N) is 2. The number of carbonyl (C=O) groups is 3. The van der Waals surface area contributed by atoms with Crippen LogP contribution in [-0.4, -0.2) is 56.8 Å². The maximum atomic E-state index is 13.4. The fourth-order valence-electron chi connectivity index (χ4n) is 6.57. The third-order valence-electron chi connectivity index (χ3n) is 7.74. The molecule has 15 heteroatoms. The number of carbonyl (C=O) groups excluding carboxylic acids is 2. The molecular formula is C27H26F6N4O5. The molecule has 0 saturated heterocycles. The Kier molecular flexibility index (Phi) is 8.53. The third-order valence-corrected chi connectivity index (χ3v) is 7.74. The van der Waals surface area contributed by atoms with Gasteiger partial charge in [-0.15, -0.1) is 0 Å². The number of hydrogen-bond donors (Lipinski definition) is 3. The third kappa shape index (κ3) is 7.01. The van der Waals surface area contributed by atoms with Crippen LogP contribution in [0.5, 0.6) is 0 Å². The molecule has 0 radical (unpaired) electrons. The summed E-state index contributed by atoms with van der Waals surface area (Å²) >= 11 is 0. The van der Waals surface area contributed by atoms with E-state index in [-0.39, 0.29) is 11.4 Å². The first kappa shape index (κ1) is 30.8. The monoisotopic (exact) mass is 600 g/mol. The molecule has 42 heavy (non-hydrogen) atoms. The van der Waals surface area contributed by atoms with E-state index in [2.05, 4.69) is 21.7 Å². The Morgan fingerprint density at radius 1 is 1.02 bits per heavy atom. The number of carboxylic acids is 2. The van der Waals surface area contributed by atoms with Crippen molar-refractivity contribution in [1.29, 1.82) is 0 Å². The van der Waals surface area contributed by atoms with Gasteiger partial charge in [-0.1, -0.05) is 6.07 Å². The second-order valence-electron chi connectivity index (χ2n) is 10.8. The number of hydrogen-bond acceptors (Lipinski definition) is 6. The molecule has 0 unspecified atom stereocenters. The number of halogens is 6. The smallest absolute Gasteiger partial charge is 0.490 e. The van der Waals surface area contributed by atoms with Gasteiger partial charge in [-0.2, -0.15) is 31.3 Å². The number of imidazole rings is 1. The van der Waals surface area contributed by atoms with E-state index in [4.69, 9.17) is 19.8 Å². The highest BCUT2D eigenvalue weighted by molar-refractivity contribution is 6.04. The quantitative estimate of drug-likeness (QED) is 0.364. The van der Waals surface area contributed by atoms with Gasteiger partial charge in [0.05, 0.1) is 12.6 Å². The van der Waals surface area contributed by atoms with Crippen molar-refractivity contribution in [3.63, 3.8) is 0 Å². The van der Waals surface area contributed by atoms with E-state index in [9.17, 15) is 31.1 Å². The zero-order valence-electron chi connectivity index (χ0n) is 21.9. The van der Waals surface area contributed by atoms with Crippen molar-refractivity contribution in [1.82, 2.24) is 20.0 Å². The number of fused-ring (bicyclic) bond motifs is 1. The first-order chi connectivity index (χ1) is 19.6. The van der Waals surface area contributed by atoms with E-state index in [1.807, 2.05) is 28.8 Å². The van der Waals surface area contributed by atoms with Crippen LogP contribution >= 0.6 is 0 Å². The Morgan fingerprint density at radius 3 is 2.07 bits per heavy atom. The number of amides is 1. The number of aliphatic carboxylic acids is 2. The van der Waals surface area contributed by atoms with Crippen molar-refractivity contribution < 1.29 is 50.9 Å². The molecule has 226 valence electrons. The highest BCUT2D eigenvalue weighted by atomic mass is 19.4. The van der Waals surface area contributed by atoms with Crippen molar-refractivity contribution in [2.45, 2.75) is 56.4 Å². The van der Waals surface area contributed by atoms with Crippen LogP contribution in [0.2, 0.25) is 0 Å². The lowest BCUT2D eigenvalue weighted by Gasteiger charge is -2.56. The second-order valence-corrected chi connectivity index (χ2v) is 10.8. The van der Waals surface area contributed by atoms with Crippen LogP contribution in [0.15, 0.2) is 42.5 Å². The molecule has 2 aromatic heterocycles. The van der Waals surface area contributed by atoms with Gasteiger partial charge in [-0.3, -0.25) is 9.20 Å². The van der Waals surface area contributed by atoms with E-state index in [0.29, 0.717) is 6.54 Å². The Bertz CT molecular complexity index is 1350. The summed E-state index contributed by atoms with van der Waals surface area (Å²) in [6.45, 7) is 0.520. The molecule has 3 N–H and O–H groups in total. The van der Waals surface area contributed by atoms with Crippen molar-refractivity contribution >= 4 is 28.9 Å². The van der Waals surface area contributed by atoms with Gasteiger partial charge >= 0.3 is 24.2 Å². The maximum absolute atomic E-state index is 13.4. The van der Waals surface area contributed by atoms with Crippen LogP contribution in [0.3, 0.4) is 0 Å². The van der Waals surface area contributed by atoms with Crippen molar-refractivity contribution in [2.75, 3.05) is 6.54 Å². The van der Waals surface area contributed by atoms with E-state index in [1.165, 1.54) is 19.3 Å². The Balaban J connectivity index is 0.000000243. The minimum Gasteiger partial charge on any atom is -0.542 e. The van der Waals surface area contributed by atoms with Gasteiger partial charge in [0.25, 0.3) is 0 Å². The van der Waals surface area contributed by atoms with E-state index < -0.39 is 24.3 Å². The molecule has 5 aliphatic rings. The summed E-state index contributed by atoms with van der Waals surface area (Å²) in [5.74, 6) is -3.27. The molecule has 7 rings (SSSR count). The van der Waals surface area contributed by atoms with Gasteiger partial charge in [-0.25, -0.2) is 4.79 Å². The Labute approximate surface area is 235 Å². The Hall–Kier alpha value is -4.13. The van der Waals surface area contributed by atoms with Gasteiger partial charge < -0.3 is 25.6 Å². The molecule has 1 amide bonds. The van der Waals surface area contributed by atoms with E-state index in [0.717, 1.165) is 59.4 Å². The minimum atomic E-state index is -5.19. The predicted octanol–water partition coefficient (Wildman–Crippen LogP) is 3.02. The number of pyridine rings is 1.